The maximum absolute atomic E-state index is 12.6. The van der Waals surface area contributed by atoms with Gasteiger partial charge in [0.25, 0.3) is 0 Å². The topological polar surface area (TPSA) is 94.8 Å². The highest BCUT2D eigenvalue weighted by atomic mass is 16.6. The van der Waals surface area contributed by atoms with E-state index >= 15 is 0 Å². The third-order valence-corrected chi connectivity index (χ3v) is 3.95. The number of amides is 1. The van der Waals surface area contributed by atoms with Crippen LogP contribution in [0.4, 0.5) is 4.79 Å². The van der Waals surface area contributed by atoms with Gasteiger partial charge in [-0.05, 0) is 44.9 Å². The van der Waals surface area contributed by atoms with Gasteiger partial charge in [-0.3, -0.25) is 0 Å². The van der Waals surface area contributed by atoms with Crippen LogP contribution in [0.5, 0.6) is 5.75 Å². The van der Waals surface area contributed by atoms with Crippen molar-refractivity contribution in [1.29, 1.82) is 0 Å². The minimum absolute atomic E-state index is 0.164. The van der Waals surface area contributed by atoms with Gasteiger partial charge in [-0.25, -0.2) is 14.4 Å². The van der Waals surface area contributed by atoms with Gasteiger partial charge in [0.2, 0.25) is 0 Å². The number of alkyl carbamates (subject to hydrolysis) is 1. The summed E-state index contributed by atoms with van der Waals surface area (Å²) in [5.41, 5.74) is -0.854. The van der Waals surface area contributed by atoms with E-state index in [0.29, 0.717) is 17.4 Å². The fourth-order valence-electron chi connectivity index (χ4n) is 2.39. The molecule has 0 bridgehead atoms. The first-order valence-corrected chi connectivity index (χ1v) is 8.84. The molecule has 2 aromatic rings. The molecule has 0 aliphatic heterocycles. The summed E-state index contributed by atoms with van der Waals surface area (Å²) in [6.07, 6.45) is -0.0310. The fourth-order valence-corrected chi connectivity index (χ4v) is 2.39. The Kier molecular flexibility index (Phi) is 6.25. The van der Waals surface area contributed by atoms with Crippen LogP contribution >= 0.6 is 0 Å². The van der Waals surface area contributed by atoms with Crippen LogP contribution < -0.4 is 15.7 Å². The van der Waals surface area contributed by atoms with Crippen LogP contribution in [0.15, 0.2) is 39.5 Å². The first kappa shape index (κ1) is 20.5. The van der Waals surface area contributed by atoms with Gasteiger partial charge in [0, 0.05) is 17.5 Å². The highest BCUT2D eigenvalue weighted by Crippen LogP contribution is 2.21. The molecule has 146 valence electrons. The van der Waals surface area contributed by atoms with Crippen LogP contribution in [0.1, 0.15) is 41.0 Å². The van der Waals surface area contributed by atoms with E-state index in [2.05, 4.69) is 5.32 Å². The van der Waals surface area contributed by atoms with Gasteiger partial charge in [-0.2, -0.15) is 0 Å². The molecule has 0 saturated heterocycles. The number of rotatable bonds is 5. The number of fused-ring (bicyclic) bond motifs is 1. The number of benzene rings is 1. The molecule has 1 heterocycles. The Morgan fingerprint density at radius 3 is 2.48 bits per heavy atom. The number of carbonyl (C=O) groups excluding carboxylic acids is 2. The lowest BCUT2D eigenvalue weighted by Crippen LogP contribution is -2.48. The molecule has 0 unspecified atom stereocenters. The van der Waals surface area contributed by atoms with Crippen LogP contribution in [0.3, 0.4) is 0 Å². The minimum Gasteiger partial charge on any atom is -0.444 e. The maximum Gasteiger partial charge on any atom is 0.408 e. The number of carbonyl (C=O) groups is 2. The summed E-state index contributed by atoms with van der Waals surface area (Å²) in [6.45, 7) is 8.97. The predicted octanol–water partition coefficient (Wildman–Crippen LogP) is 3.64. The zero-order chi connectivity index (χ0) is 20.2. The molecule has 0 spiro atoms. The molecule has 1 amide bonds. The van der Waals surface area contributed by atoms with E-state index in [1.165, 1.54) is 12.1 Å². The molecular formula is C20H25NO6. The number of ether oxygens (including phenoxy) is 2. The molecule has 0 saturated carbocycles. The zero-order valence-corrected chi connectivity index (χ0v) is 16.2. The van der Waals surface area contributed by atoms with Gasteiger partial charge in [0.1, 0.15) is 23.0 Å². The SMILES string of the molecule is CC[C@@H](C)[C@H](NC(=O)OC(C)(C)C)C(=O)Oc1ccc2ccc(=O)oc2c1. The standard InChI is InChI=1S/C20H25NO6/c1-6-12(2)17(21-19(24)27-20(3,4)5)18(23)25-14-9-7-13-8-10-16(22)26-15(13)11-14/h7-12,17H,6H2,1-5H3,(H,21,24)/t12-,17+/m1/s1. The van der Waals surface area contributed by atoms with Gasteiger partial charge >= 0.3 is 17.7 Å². The van der Waals surface area contributed by atoms with Crippen LogP contribution in [-0.2, 0) is 9.53 Å². The summed E-state index contributed by atoms with van der Waals surface area (Å²) >= 11 is 0. The van der Waals surface area contributed by atoms with Gasteiger partial charge in [-0.15, -0.1) is 0 Å². The smallest absolute Gasteiger partial charge is 0.408 e. The van der Waals surface area contributed by atoms with Gasteiger partial charge < -0.3 is 19.2 Å². The molecule has 1 aromatic heterocycles. The van der Waals surface area contributed by atoms with E-state index in [4.69, 9.17) is 13.9 Å². The van der Waals surface area contributed by atoms with Crippen molar-refractivity contribution >= 4 is 23.0 Å². The van der Waals surface area contributed by atoms with Crippen molar-refractivity contribution in [2.24, 2.45) is 5.92 Å². The molecular weight excluding hydrogens is 350 g/mol. The second-order valence-corrected chi connectivity index (χ2v) is 7.38. The molecule has 7 heteroatoms. The highest BCUT2D eigenvalue weighted by molar-refractivity contribution is 5.84. The lowest BCUT2D eigenvalue weighted by atomic mass is 9.99. The largest absolute Gasteiger partial charge is 0.444 e. The number of esters is 1. The van der Waals surface area contributed by atoms with E-state index in [1.807, 2.05) is 13.8 Å². The Bertz CT molecular complexity index is 880. The van der Waals surface area contributed by atoms with E-state index in [-0.39, 0.29) is 11.7 Å². The quantitative estimate of drug-likeness (QED) is 0.487. The number of hydrogen-bond acceptors (Lipinski definition) is 6. The Morgan fingerprint density at radius 1 is 1.19 bits per heavy atom. The highest BCUT2D eigenvalue weighted by Gasteiger charge is 2.30. The lowest BCUT2D eigenvalue weighted by Gasteiger charge is -2.25. The second-order valence-electron chi connectivity index (χ2n) is 7.38. The lowest BCUT2D eigenvalue weighted by molar-refractivity contribution is -0.138. The van der Waals surface area contributed by atoms with Crippen LogP contribution in [0, 0.1) is 5.92 Å². The second kappa shape index (κ2) is 8.24. The van der Waals surface area contributed by atoms with Gasteiger partial charge in [0.05, 0.1) is 0 Å². The first-order chi connectivity index (χ1) is 12.6. The Hall–Kier alpha value is -2.83. The molecule has 27 heavy (non-hydrogen) atoms. The summed E-state index contributed by atoms with van der Waals surface area (Å²) in [4.78, 5) is 36.1. The third-order valence-electron chi connectivity index (χ3n) is 3.95. The van der Waals surface area contributed by atoms with Crippen LogP contribution in [0.25, 0.3) is 11.0 Å². The zero-order valence-electron chi connectivity index (χ0n) is 16.2. The summed E-state index contributed by atoms with van der Waals surface area (Å²) in [5.74, 6) is -0.558. The van der Waals surface area contributed by atoms with Crippen molar-refractivity contribution in [1.82, 2.24) is 5.32 Å². The summed E-state index contributed by atoms with van der Waals surface area (Å²) in [5, 5.41) is 3.29. The Labute approximate surface area is 157 Å². The van der Waals surface area contributed by atoms with Crippen LogP contribution in [0.2, 0.25) is 0 Å². The van der Waals surface area contributed by atoms with Crippen LogP contribution in [-0.4, -0.2) is 23.7 Å². The molecule has 7 nitrogen and oxygen atoms in total. The molecule has 0 aliphatic rings. The van der Waals surface area contributed by atoms with Gasteiger partial charge in [-0.1, -0.05) is 20.3 Å². The van der Waals surface area contributed by atoms with Crippen molar-refractivity contribution in [2.75, 3.05) is 0 Å². The number of hydrogen-bond donors (Lipinski definition) is 1. The van der Waals surface area contributed by atoms with Crippen molar-refractivity contribution in [3.63, 3.8) is 0 Å². The van der Waals surface area contributed by atoms with Crippen molar-refractivity contribution < 1.29 is 23.5 Å². The monoisotopic (exact) mass is 375 g/mol. The van der Waals surface area contributed by atoms with E-state index in [1.54, 1.807) is 39.0 Å². The van der Waals surface area contributed by atoms with Crippen molar-refractivity contribution in [2.45, 2.75) is 52.7 Å². The molecule has 0 aliphatic carbocycles. The van der Waals surface area contributed by atoms with E-state index in [9.17, 15) is 14.4 Å². The third kappa shape index (κ3) is 5.84. The minimum atomic E-state index is -0.872. The molecule has 1 aromatic carbocycles. The predicted molar refractivity (Wildman–Crippen MR) is 101 cm³/mol. The van der Waals surface area contributed by atoms with Crippen molar-refractivity contribution in [3.05, 3.63) is 40.8 Å². The molecule has 2 atom stereocenters. The van der Waals surface area contributed by atoms with E-state index < -0.39 is 29.3 Å². The molecule has 0 fully saturated rings. The van der Waals surface area contributed by atoms with Gasteiger partial charge in [0.15, 0.2) is 0 Å². The Morgan fingerprint density at radius 2 is 1.85 bits per heavy atom. The maximum atomic E-state index is 12.6. The normalized spacial score (nSPS) is 13.7. The summed E-state index contributed by atoms with van der Waals surface area (Å²) in [7, 11) is 0. The Balaban J connectivity index is 2.17. The number of nitrogens with one attached hydrogen (secondary N) is 1. The molecule has 2 rings (SSSR count). The first-order valence-electron chi connectivity index (χ1n) is 8.84. The summed E-state index contributed by atoms with van der Waals surface area (Å²) in [6, 6.07) is 6.82. The average Bonchev–Trinajstić information content (AvgIpc) is 2.57. The average molecular weight is 375 g/mol. The molecule has 0 radical (unpaired) electrons. The fraction of sp³-hybridized carbons (Fsp3) is 0.450. The molecule has 1 N–H and O–H groups in total. The summed E-state index contributed by atoms with van der Waals surface area (Å²) < 4.78 is 15.7. The van der Waals surface area contributed by atoms with E-state index in [0.717, 1.165) is 0 Å². The van der Waals surface area contributed by atoms with Crippen molar-refractivity contribution in [3.8, 4) is 5.75 Å².